The summed E-state index contributed by atoms with van der Waals surface area (Å²) in [6.07, 6.45) is -0.975. The zero-order valence-electron chi connectivity index (χ0n) is 13.4. The first kappa shape index (κ1) is 17.2. The summed E-state index contributed by atoms with van der Waals surface area (Å²) in [4.78, 5) is 11.5. The van der Waals surface area contributed by atoms with Gasteiger partial charge in [0, 0.05) is 5.02 Å². The summed E-state index contributed by atoms with van der Waals surface area (Å²) in [5.74, 6) is -0.996. The number of carbonyl (C=O) groups is 1. The van der Waals surface area contributed by atoms with Gasteiger partial charge in [0.2, 0.25) is 0 Å². The Morgan fingerprint density at radius 1 is 0.880 bits per heavy atom. The summed E-state index contributed by atoms with van der Waals surface area (Å²) in [5.41, 5.74) is 3.69. The zero-order chi connectivity index (χ0) is 17.6. The maximum absolute atomic E-state index is 11.5. The largest absolute Gasteiger partial charge is 0.479 e. The molecule has 0 heterocycles. The Kier molecular flexibility index (Phi) is 5.49. The van der Waals surface area contributed by atoms with Crippen LogP contribution in [0.3, 0.4) is 0 Å². The molecular formula is C21H17ClO3. The number of carboxylic acid groups (broad SMARTS) is 1. The molecule has 3 aromatic rings. The number of ether oxygens (including phenoxy) is 1. The van der Waals surface area contributed by atoms with Crippen molar-refractivity contribution in [3.8, 4) is 11.1 Å². The van der Waals surface area contributed by atoms with Crippen LogP contribution in [0.4, 0.5) is 0 Å². The van der Waals surface area contributed by atoms with Gasteiger partial charge in [-0.2, -0.15) is 0 Å². The Labute approximate surface area is 151 Å². The highest BCUT2D eigenvalue weighted by Gasteiger charge is 2.20. The van der Waals surface area contributed by atoms with Crippen LogP contribution in [0.25, 0.3) is 11.1 Å². The van der Waals surface area contributed by atoms with Crippen LogP contribution in [-0.4, -0.2) is 11.1 Å². The van der Waals surface area contributed by atoms with E-state index in [1.54, 1.807) is 24.3 Å². The van der Waals surface area contributed by atoms with Gasteiger partial charge in [0.1, 0.15) is 0 Å². The van der Waals surface area contributed by atoms with Gasteiger partial charge in [0.05, 0.1) is 6.61 Å². The van der Waals surface area contributed by atoms with Gasteiger partial charge in [-0.15, -0.1) is 0 Å². The second-order valence-corrected chi connectivity index (χ2v) is 6.08. The SMILES string of the molecule is O=C(O)[C@@H](OCc1ccc(-c2ccc(Cl)cc2)cc1)c1ccccc1. The van der Waals surface area contributed by atoms with Crippen molar-refractivity contribution in [1.29, 1.82) is 0 Å². The lowest BCUT2D eigenvalue weighted by molar-refractivity contribution is -0.151. The third kappa shape index (κ3) is 4.47. The predicted octanol–water partition coefficient (Wildman–Crippen LogP) is 5.35. The van der Waals surface area contributed by atoms with Crippen LogP contribution >= 0.6 is 11.6 Å². The number of benzene rings is 3. The fourth-order valence-electron chi connectivity index (χ4n) is 2.55. The molecule has 0 saturated heterocycles. The molecule has 0 unspecified atom stereocenters. The maximum atomic E-state index is 11.5. The van der Waals surface area contributed by atoms with Crippen molar-refractivity contribution in [2.75, 3.05) is 0 Å². The average Bonchev–Trinajstić information content (AvgIpc) is 2.64. The van der Waals surface area contributed by atoms with Gasteiger partial charge in [-0.25, -0.2) is 4.79 Å². The number of halogens is 1. The van der Waals surface area contributed by atoms with Crippen molar-refractivity contribution in [3.63, 3.8) is 0 Å². The van der Waals surface area contributed by atoms with Crippen LogP contribution in [0.5, 0.6) is 0 Å². The molecule has 0 fully saturated rings. The van der Waals surface area contributed by atoms with Crippen LogP contribution in [0, 0.1) is 0 Å². The van der Waals surface area contributed by atoms with Crippen LogP contribution < -0.4 is 0 Å². The van der Waals surface area contributed by atoms with Gasteiger partial charge in [0.15, 0.2) is 6.10 Å². The van der Waals surface area contributed by atoms with Gasteiger partial charge in [-0.3, -0.25) is 0 Å². The van der Waals surface area contributed by atoms with Gasteiger partial charge in [-0.1, -0.05) is 78.3 Å². The fourth-order valence-corrected chi connectivity index (χ4v) is 2.68. The molecule has 0 amide bonds. The highest BCUT2D eigenvalue weighted by atomic mass is 35.5. The number of rotatable bonds is 6. The Morgan fingerprint density at radius 3 is 2.00 bits per heavy atom. The second-order valence-electron chi connectivity index (χ2n) is 5.64. The minimum Gasteiger partial charge on any atom is -0.479 e. The van der Waals surface area contributed by atoms with E-state index in [0.29, 0.717) is 10.6 Å². The molecule has 0 spiro atoms. The summed E-state index contributed by atoms with van der Waals surface area (Å²) < 4.78 is 5.62. The molecule has 3 nitrogen and oxygen atoms in total. The Balaban J connectivity index is 1.68. The predicted molar refractivity (Wildman–Crippen MR) is 98.5 cm³/mol. The van der Waals surface area contributed by atoms with Crippen molar-refractivity contribution >= 4 is 17.6 Å². The molecule has 0 aromatic heterocycles. The van der Waals surface area contributed by atoms with Gasteiger partial charge in [0.25, 0.3) is 0 Å². The van der Waals surface area contributed by atoms with Crippen LogP contribution in [0.1, 0.15) is 17.2 Å². The van der Waals surface area contributed by atoms with E-state index in [9.17, 15) is 9.90 Å². The monoisotopic (exact) mass is 352 g/mol. The molecule has 126 valence electrons. The first-order valence-corrected chi connectivity index (χ1v) is 8.25. The van der Waals surface area contributed by atoms with Crippen LogP contribution in [0.2, 0.25) is 5.02 Å². The van der Waals surface area contributed by atoms with Crippen LogP contribution in [-0.2, 0) is 16.1 Å². The number of carboxylic acids is 1. The maximum Gasteiger partial charge on any atom is 0.337 e. The van der Waals surface area contributed by atoms with E-state index >= 15 is 0 Å². The lowest BCUT2D eigenvalue weighted by Crippen LogP contribution is -2.15. The summed E-state index contributed by atoms with van der Waals surface area (Å²) in [7, 11) is 0. The zero-order valence-corrected chi connectivity index (χ0v) is 14.2. The fraction of sp³-hybridized carbons (Fsp3) is 0.0952. The highest BCUT2D eigenvalue weighted by Crippen LogP contribution is 2.23. The molecule has 4 heteroatoms. The van der Waals surface area contributed by atoms with Crippen molar-refractivity contribution < 1.29 is 14.6 Å². The third-order valence-corrected chi connectivity index (χ3v) is 4.13. The third-order valence-electron chi connectivity index (χ3n) is 3.87. The lowest BCUT2D eigenvalue weighted by atomic mass is 10.0. The van der Waals surface area contributed by atoms with Crippen LogP contribution in [0.15, 0.2) is 78.9 Å². The molecule has 3 aromatic carbocycles. The van der Waals surface area contributed by atoms with E-state index in [2.05, 4.69) is 0 Å². The molecule has 1 N–H and O–H groups in total. The molecule has 0 aliphatic rings. The summed E-state index contributed by atoms with van der Waals surface area (Å²) >= 11 is 5.91. The van der Waals surface area contributed by atoms with E-state index < -0.39 is 12.1 Å². The molecule has 3 rings (SSSR count). The molecule has 0 aliphatic carbocycles. The van der Waals surface area contributed by atoms with E-state index in [1.165, 1.54) is 0 Å². The van der Waals surface area contributed by atoms with Crippen molar-refractivity contribution in [1.82, 2.24) is 0 Å². The van der Waals surface area contributed by atoms with Crippen molar-refractivity contribution in [2.45, 2.75) is 12.7 Å². The number of hydrogen-bond donors (Lipinski definition) is 1. The first-order chi connectivity index (χ1) is 12.1. The average molecular weight is 353 g/mol. The molecular weight excluding hydrogens is 336 g/mol. The van der Waals surface area contributed by atoms with Gasteiger partial charge < -0.3 is 9.84 Å². The molecule has 0 saturated carbocycles. The molecule has 25 heavy (non-hydrogen) atoms. The minimum atomic E-state index is -0.996. The van der Waals surface area contributed by atoms with Crippen molar-refractivity contribution in [2.24, 2.45) is 0 Å². The Bertz CT molecular complexity index is 827. The smallest absolute Gasteiger partial charge is 0.337 e. The summed E-state index contributed by atoms with van der Waals surface area (Å²) in [5, 5.41) is 10.1. The molecule has 0 radical (unpaired) electrons. The quantitative estimate of drug-likeness (QED) is 0.650. The number of aliphatic carboxylic acids is 1. The Morgan fingerprint density at radius 2 is 1.44 bits per heavy atom. The van der Waals surface area contributed by atoms with E-state index in [0.717, 1.165) is 16.7 Å². The van der Waals surface area contributed by atoms with Crippen molar-refractivity contribution in [3.05, 3.63) is 95.0 Å². The van der Waals surface area contributed by atoms with E-state index in [4.69, 9.17) is 16.3 Å². The van der Waals surface area contributed by atoms with Gasteiger partial charge >= 0.3 is 5.97 Å². The normalized spacial score (nSPS) is 11.9. The molecule has 1 atom stereocenters. The summed E-state index contributed by atoms with van der Waals surface area (Å²) in [6, 6.07) is 24.4. The lowest BCUT2D eigenvalue weighted by Gasteiger charge is -2.14. The molecule has 0 bridgehead atoms. The van der Waals surface area contributed by atoms with E-state index in [-0.39, 0.29) is 6.61 Å². The van der Waals surface area contributed by atoms with E-state index in [1.807, 2.05) is 54.6 Å². The molecule has 0 aliphatic heterocycles. The second kappa shape index (κ2) is 7.97. The minimum absolute atomic E-state index is 0.229. The standard InChI is InChI=1S/C21H17ClO3/c22-19-12-10-17(11-13-19)16-8-6-15(7-9-16)14-25-20(21(23)24)18-4-2-1-3-5-18/h1-13,20H,14H2,(H,23,24)/t20-/m0/s1. The Hall–Kier alpha value is -2.62. The number of hydrogen-bond acceptors (Lipinski definition) is 2. The summed E-state index contributed by atoms with van der Waals surface area (Å²) in [6.45, 7) is 0.229. The topological polar surface area (TPSA) is 46.5 Å². The van der Waals surface area contributed by atoms with Gasteiger partial charge in [-0.05, 0) is 34.4 Å². The first-order valence-electron chi connectivity index (χ1n) is 7.88. The highest BCUT2D eigenvalue weighted by molar-refractivity contribution is 6.30.